The van der Waals surface area contributed by atoms with E-state index in [-0.39, 0.29) is 6.67 Å². The van der Waals surface area contributed by atoms with Gasteiger partial charge in [-0.2, -0.15) is 0 Å². The summed E-state index contributed by atoms with van der Waals surface area (Å²) >= 11 is 2.38. The molecule has 0 bridgehead atoms. The number of hydrogen-bond acceptors (Lipinski definition) is 0. The zero-order valence-corrected chi connectivity index (χ0v) is 9.18. The Balaban J connectivity index is 3.48. The summed E-state index contributed by atoms with van der Waals surface area (Å²) in [6, 6.07) is 0. The van der Waals surface area contributed by atoms with Crippen LogP contribution in [0.3, 0.4) is 0 Å². The quantitative estimate of drug-likeness (QED) is 0.391. The van der Waals surface area contributed by atoms with Gasteiger partial charge in [0.1, 0.15) is 6.67 Å². The van der Waals surface area contributed by atoms with Crippen molar-refractivity contribution in [3.8, 4) is 0 Å². The van der Waals surface area contributed by atoms with Crippen LogP contribution < -0.4 is 0 Å². The van der Waals surface area contributed by atoms with Crippen molar-refractivity contribution in [3.63, 3.8) is 0 Å². The van der Waals surface area contributed by atoms with Crippen molar-refractivity contribution < 1.29 is 4.39 Å². The van der Waals surface area contributed by atoms with Crippen molar-refractivity contribution in [3.05, 3.63) is 12.2 Å². The van der Waals surface area contributed by atoms with Gasteiger partial charge in [0.25, 0.3) is 0 Å². The maximum Gasteiger partial charge on any atom is 0.108 e. The number of hydrogen-bond donors (Lipinski definition) is 0. The van der Waals surface area contributed by atoms with Crippen LogP contribution >= 0.6 is 22.6 Å². The van der Waals surface area contributed by atoms with E-state index in [2.05, 4.69) is 29.5 Å². The molecule has 0 aliphatic carbocycles. The molecule has 0 amide bonds. The summed E-state index contributed by atoms with van der Waals surface area (Å²) in [4.78, 5) is 0. The van der Waals surface area contributed by atoms with Gasteiger partial charge in [0.2, 0.25) is 0 Å². The number of allylic oxidation sites excluding steroid dienone is 2. The molecule has 0 nitrogen and oxygen atoms in total. The lowest BCUT2D eigenvalue weighted by atomic mass is 10.0. The first-order valence-corrected chi connectivity index (χ1v) is 5.66. The van der Waals surface area contributed by atoms with Gasteiger partial charge in [0.05, 0.1) is 0 Å². The molecule has 1 unspecified atom stereocenters. The molecule has 0 aromatic heterocycles. The molecule has 0 aromatic carbocycles. The predicted molar refractivity (Wildman–Crippen MR) is 57.0 cm³/mol. The normalized spacial score (nSPS) is 14.1. The zero-order valence-electron chi connectivity index (χ0n) is 7.02. The summed E-state index contributed by atoms with van der Waals surface area (Å²) in [5, 5.41) is 0. The summed E-state index contributed by atoms with van der Waals surface area (Å²) < 4.78 is 12.9. The van der Waals surface area contributed by atoms with Gasteiger partial charge in [-0.1, -0.05) is 41.7 Å². The highest BCUT2D eigenvalue weighted by Gasteiger charge is 1.99. The van der Waals surface area contributed by atoms with E-state index < -0.39 is 0 Å². The fourth-order valence-electron chi connectivity index (χ4n) is 1.02. The Morgan fingerprint density at radius 1 is 1.55 bits per heavy atom. The Morgan fingerprint density at radius 3 is 2.73 bits per heavy atom. The van der Waals surface area contributed by atoms with Crippen molar-refractivity contribution in [2.75, 3.05) is 11.1 Å². The van der Waals surface area contributed by atoms with E-state index in [1.807, 2.05) is 6.08 Å². The molecule has 0 aliphatic heterocycles. The smallest absolute Gasteiger partial charge is 0.108 e. The lowest BCUT2D eigenvalue weighted by Gasteiger charge is -2.07. The molecule has 1 atom stereocenters. The number of rotatable bonds is 6. The molecule has 0 aliphatic rings. The van der Waals surface area contributed by atoms with Crippen molar-refractivity contribution in [2.24, 2.45) is 5.92 Å². The summed E-state index contributed by atoms with van der Waals surface area (Å²) in [5.41, 5.74) is 0. The Bertz CT molecular complexity index is 102. The minimum absolute atomic E-state index is 0.319. The topological polar surface area (TPSA) is 0 Å². The van der Waals surface area contributed by atoms with Gasteiger partial charge in [-0.25, -0.2) is 4.39 Å². The molecule has 0 spiro atoms. The largest absolute Gasteiger partial charge is 0.247 e. The summed E-state index contributed by atoms with van der Waals surface area (Å²) in [6.07, 6.45) is 7.21. The van der Waals surface area contributed by atoms with E-state index in [4.69, 9.17) is 0 Å². The summed E-state index contributed by atoms with van der Waals surface area (Å²) in [6.45, 7) is 1.83. The molecule has 0 saturated heterocycles. The first kappa shape index (κ1) is 11.4. The average Bonchev–Trinajstić information content (AvgIpc) is 2.05. The van der Waals surface area contributed by atoms with Gasteiger partial charge >= 0.3 is 0 Å². The van der Waals surface area contributed by atoms with Crippen LogP contribution in [0.2, 0.25) is 0 Å². The Labute approximate surface area is 82.4 Å². The van der Waals surface area contributed by atoms with Crippen LogP contribution in [-0.4, -0.2) is 11.1 Å². The predicted octanol–water partition coefficient (Wildman–Crippen LogP) is 3.75. The van der Waals surface area contributed by atoms with Crippen LogP contribution in [0, 0.1) is 5.92 Å². The molecule has 66 valence electrons. The van der Waals surface area contributed by atoms with Gasteiger partial charge in [0.15, 0.2) is 0 Å². The molecule has 2 heteroatoms. The second kappa shape index (κ2) is 8.50. The van der Waals surface area contributed by atoms with Gasteiger partial charge < -0.3 is 0 Å². The van der Waals surface area contributed by atoms with Crippen LogP contribution in [0.15, 0.2) is 12.2 Å². The Kier molecular flexibility index (Phi) is 8.81. The number of alkyl halides is 2. The van der Waals surface area contributed by atoms with Gasteiger partial charge in [-0.05, 0) is 29.6 Å². The molecule has 0 N–H and O–H groups in total. The van der Waals surface area contributed by atoms with Crippen LogP contribution in [0.1, 0.15) is 26.2 Å². The third kappa shape index (κ3) is 6.78. The Hall–Kier alpha value is 0.400. The van der Waals surface area contributed by atoms with Gasteiger partial charge in [-0.15, -0.1) is 0 Å². The van der Waals surface area contributed by atoms with Crippen LogP contribution in [0.4, 0.5) is 4.39 Å². The van der Waals surface area contributed by atoms with Crippen molar-refractivity contribution in [1.82, 2.24) is 0 Å². The first-order valence-electron chi connectivity index (χ1n) is 4.13. The lowest BCUT2D eigenvalue weighted by Crippen LogP contribution is -1.94. The van der Waals surface area contributed by atoms with E-state index in [1.165, 1.54) is 17.3 Å². The molecular formula is C9H16FI. The SMILES string of the molecule is CCC(/C=C\CF)CCCI. The molecule has 11 heavy (non-hydrogen) atoms. The van der Waals surface area contributed by atoms with E-state index in [0.717, 1.165) is 6.42 Å². The standard InChI is InChI=1S/C9H16FI/c1-2-9(5-3-7-10)6-4-8-11/h3,5,9H,2,4,6-8H2,1H3/b5-3-. The average molecular weight is 270 g/mol. The number of halogens is 2. The second-order valence-corrected chi connectivity index (χ2v) is 3.66. The summed E-state index contributed by atoms with van der Waals surface area (Å²) in [5.74, 6) is 0.598. The molecule has 0 heterocycles. The summed E-state index contributed by atoms with van der Waals surface area (Å²) in [7, 11) is 0. The highest BCUT2D eigenvalue weighted by Crippen LogP contribution is 2.13. The molecule has 0 aromatic rings. The van der Waals surface area contributed by atoms with Crippen LogP contribution in [-0.2, 0) is 0 Å². The van der Waals surface area contributed by atoms with E-state index in [1.54, 1.807) is 6.08 Å². The molecule has 0 saturated carbocycles. The lowest BCUT2D eigenvalue weighted by molar-refractivity contribution is 0.541. The van der Waals surface area contributed by atoms with Crippen LogP contribution in [0.25, 0.3) is 0 Å². The van der Waals surface area contributed by atoms with Gasteiger partial charge in [0, 0.05) is 0 Å². The Morgan fingerprint density at radius 2 is 2.27 bits per heavy atom. The fourth-order valence-corrected chi connectivity index (χ4v) is 1.46. The third-order valence-corrected chi connectivity index (χ3v) is 2.49. The van der Waals surface area contributed by atoms with Crippen molar-refractivity contribution in [1.29, 1.82) is 0 Å². The van der Waals surface area contributed by atoms with Gasteiger partial charge in [-0.3, -0.25) is 0 Å². The van der Waals surface area contributed by atoms with Crippen molar-refractivity contribution >= 4 is 22.6 Å². The van der Waals surface area contributed by atoms with E-state index >= 15 is 0 Å². The minimum atomic E-state index is -0.319. The zero-order chi connectivity index (χ0) is 8.53. The fraction of sp³-hybridized carbons (Fsp3) is 0.778. The molecule has 0 radical (unpaired) electrons. The third-order valence-electron chi connectivity index (χ3n) is 1.73. The first-order chi connectivity index (χ1) is 5.35. The van der Waals surface area contributed by atoms with E-state index in [0.29, 0.717) is 5.92 Å². The monoisotopic (exact) mass is 270 g/mol. The molecule has 0 rings (SSSR count). The second-order valence-electron chi connectivity index (χ2n) is 2.58. The van der Waals surface area contributed by atoms with E-state index in [9.17, 15) is 4.39 Å². The van der Waals surface area contributed by atoms with Crippen molar-refractivity contribution in [2.45, 2.75) is 26.2 Å². The maximum atomic E-state index is 11.7. The minimum Gasteiger partial charge on any atom is -0.247 e. The highest BCUT2D eigenvalue weighted by molar-refractivity contribution is 14.1. The highest BCUT2D eigenvalue weighted by atomic mass is 127. The maximum absolute atomic E-state index is 11.7. The van der Waals surface area contributed by atoms with Crippen LogP contribution in [0.5, 0.6) is 0 Å². The molecule has 0 fully saturated rings. The molecular weight excluding hydrogens is 254 g/mol.